The van der Waals surface area contributed by atoms with Gasteiger partial charge in [0.05, 0.1) is 16.9 Å². The van der Waals surface area contributed by atoms with E-state index in [1.54, 1.807) is 0 Å². The summed E-state index contributed by atoms with van der Waals surface area (Å²) in [6.07, 6.45) is 2.10. The summed E-state index contributed by atoms with van der Waals surface area (Å²) >= 11 is 5.83. The molecule has 1 aromatic carbocycles. The van der Waals surface area contributed by atoms with Crippen molar-refractivity contribution in [2.75, 3.05) is 23.3 Å². The molecule has 0 radical (unpaired) electrons. The SMILES string of the molecule is Cc1nc2c(N3CCCC3CNC(=O)O)c(NC(=O)c3ccnc(Cl)n3)ccc2n1C. The zero-order valence-electron chi connectivity index (χ0n) is 17.1. The highest BCUT2D eigenvalue weighted by Gasteiger charge is 2.30. The monoisotopic (exact) mass is 443 g/mol. The first kappa shape index (κ1) is 20.9. The lowest BCUT2D eigenvalue weighted by molar-refractivity contribution is 0.102. The third-order valence-corrected chi connectivity index (χ3v) is 5.69. The van der Waals surface area contributed by atoms with Crippen molar-refractivity contribution in [2.24, 2.45) is 7.05 Å². The second-order valence-corrected chi connectivity index (χ2v) is 7.73. The molecule has 1 aliphatic rings. The van der Waals surface area contributed by atoms with E-state index in [9.17, 15) is 9.59 Å². The third-order valence-electron chi connectivity index (χ3n) is 5.51. The Labute approximate surface area is 183 Å². The fourth-order valence-electron chi connectivity index (χ4n) is 3.95. The van der Waals surface area contributed by atoms with Gasteiger partial charge in [-0.25, -0.2) is 19.7 Å². The smallest absolute Gasteiger partial charge is 0.404 e. The minimum absolute atomic E-state index is 0.0111. The van der Waals surface area contributed by atoms with E-state index >= 15 is 0 Å². The molecular formula is C20H22ClN7O3. The minimum Gasteiger partial charge on any atom is -0.465 e. The number of nitrogens with zero attached hydrogens (tertiary/aromatic N) is 5. The van der Waals surface area contributed by atoms with Crippen LogP contribution in [0.2, 0.25) is 5.28 Å². The van der Waals surface area contributed by atoms with Crippen molar-refractivity contribution >= 4 is 46.0 Å². The van der Waals surface area contributed by atoms with Crippen LogP contribution in [-0.2, 0) is 7.05 Å². The van der Waals surface area contributed by atoms with E-state index < -0.39 is 12.0 Å². The summed E-state index contributed by atoms with van der Waals surface area (Å²) < 4.78 is 1.98. The summed E-state index contributed by atoms with van der Waals surface area (Å²) in [7, 11) is 1.93. The highest BCUT2D eigenvalue weighted by molar-refractivity contribution is 6.28. The van der Waals surface area contributed by atoms with Crippen LogP contribution in [0.15, 0.2) is 24.4 Å². The number of anilines is 2. The molecule has 1 unspecified atom stereocenters. The molecule has 0 bridgehead atoms. The Morgan fingerprint density at radius 2 is 2.10 bits per heavy atom. The molecule has 3 N–H and O–H groups in total. The number of nitrogens with one attached hydrogen (secondary N) is 2. The summed E-state index contributed by atoms with van der Waals surface area (Å²) in [6.45, 7) is 2.92. The third kappa shape index (κ3) is 4.11. The first-order valence-electron chi connectivity index (χ1n) is 9.84. The van der Waals surface area contributed by atoms with Gasteiger partial charge in [-0.1, -0.05) is 0 Å². The van der Waals surface area contributed by atoms with E-state index in [0.29, 0.717) is 5.69 Å². The fraction of sp³-hybridized carbons (Fsp3) is 0.350. The number of hydrogen-bond acceptors (Lipinski definition) is 6. The van der Waals surface area contributed by atoms with Crippen LogP contribution < -0.4 is 15.5 Å². The van der Waals surface area contributed by atoms with Gasteiger partial charge in [0.2, 0.25) is 5.28 Å². The minimum atomic E-state index is -1.06. The quantitative estimate of drug-likeness (QED) is 0.517. The lowest BCUT2D eigenvalue weighted by atomic mass is 10.1. The van der Waals surface area contributed by atoms with Gasteiger partial charge in [-0.05, 0) is 49.6 Å². The Morgan fingerprint density at radius 3 is 2.84 bits per heavy atom. The number of halogens is 1. The van der Waals surface area contributed by atoms with Crippen LogP contribution in [0.25, 0.3) is 11.0 Å². The van der Waals surface area contributed by atoms with Crippen LogP contribution in [0, 0.1) is 6.92 Å². The summed E-state index contributed by atoms with van der Waals surface area (Å²) in [5, 5.41) is 14.4. The van der Waals surface area contributed by atoms with Crippen molar-refractivity contribution in [1.82, 2.24) is 24.8 Å². The summed E-state index contributed by atoms with van der Waals surface area (Å²) in [6, 6.07) is 5.18. The zero-order valence-corrected chi connectivity index (χ0v) is 17.8. The summed E-state index contributed by atoms with van der Waals surface area (Å²) in [5.41, 5.74) is 3.17. The molecule has 1 saturated heterocycles. The van der Waals surface area contributed by atoms with E-state index in [0.717, 1.165) is 41.9 Å². The Hall–Kier alpha value is -3.40. The van der Waals surface area contributed by atoms with E-state index in [-0.39, 0.29) is 23.6 Å². The van der Waals surface area contributed by atoms with Crippen molar-refractivity contribution in [2.45, 2.75) is 25.8 Å². The van der Waals surface area contributed by atoms with Crippen molar-refractivity contribution < 1.29 is 14.7 Å². The van der Waals surface area contributed by atoms with Crippen LogP contribution in [0.3, 0.4) is 0 Å². The molecule has 2 amide bonds. The molecule has 4 rings (SSSR count). The molecule has 11 heteroatoms. The molecule has 3 heterocycles. The first-order chi connectivity index (χ1) is 14.8. The Morgan fingerprint density at radius 1 is 1.29 bits per heavy atom. The molecule has 0 spiro atoms. The molecule has 162 valence electrons. The number of aromatic nitrogens is 4. The van der Waals surface area contributed by atoms with Gasteiger partial charge in [0, 0.05) is 32.4 Å². The molecule has 3 aromatic rings. The standard InChI is InChI=1S/C20H22ClN7O3/c1-11-24-16-15(27(11)2)6-5-13(25-18(29)14-7-8-22-19(21)26-14)17(16)28-9-3-4-12(28)10-23-20(30)31/h5-8,12,23H,3-4,9-10H2,1-2H3,(H,25,29)(H,30,31). The predicted molar refractivity (Wildman–Crippen MR) is 117 cm³/mol. The molecule has 10 nitrogen and oxygen atoms in total. The number of amides is 2. The Bertz CT molecular complexity index is 1160. The summed E-state index contributed by atoms with van der Waals surface area (Å²) in [4.78, 5) is 38.5. The van der Waals surface area contributed by atoms with Crippen molar-refractivity contribution in [1.29, 1.82) is 0 Å². The maximum atomic E-state index is 12.8. The number of carbonyl (C=O) groups is 2. The van der Waals surface area contributed by atoms with Gasteiger partial charge in [-0.15, -0.1) is 0 Å². The number of rotatable bonds is 5. The summed E-state index contributed by atoms with van der Waals surface area (Å²) in [5.74, 6) is 0.415. The van der Waals surface area contributed by atoms with Crippen molar-refractivity contribution in [3.63, 3.8) is 0 Å². The molecule has 0 saturated carbocycles. The van der Waals surface area contributed by atoms with Gasteiger partial charge in [0.1, 0.15) is 17.0 Å². The van der Waals surface area contributed by atoms with Crippen molar-refractivity contribution in [3.8, 4) is 0 Å². The second-order valence-electron chi connectivity index (χ2n) is 7.39. The van der Waals surface area contributed by atoms with Crippen LogP contribution in [0.5, 0.6) is 0 Å². The number of fused-ring (bicyclic) bond motifs is 1. The molecular weight excluding hydrogens is 422 g/mol. The zero-order chi connectivity index (χ0) is 22.1. The van der Waals surface area contributed by atoms with E-state index in [4.69, 9.17) is 21.7 Å². The van der Waals surface area contributed by atoms with Crippen LogP contribution >= 0.6 is 11.6 Å². The number of hydrogen-bond donors (Lipinski definition) is 3. The fourth-order valence-corrected chi connectivity index (χ4v) is 4.10. The number of carboxylic acid groups (broad SMARTS) is 1. The largest absolute Gasteiger partial charge is 0.465 e. The number of aryl methyl sites for hydroxylation is 2. The van der Waals surface area contributed by atoms with Gasteiger partial charge in [-0.2, -0.15) is 0 Å². The Kier molecular flexibility index (Phi) is 5.64. The number of imidazole rings is 1. The first-order valence-corrected chi connectivity index (χ1v) is 10.2. The van der Waals surface area contributed by atoms with Crippen LogP contribution in [0.4, 0.5) is 16.2 Å². The molecule has 0 aliphatic carbocycles. The van der Waals surface area contributed by atoms with E-state index in [1.807, 2.05) is 30.7 Å². The van der Waals surface area contributed by atoms with Gasteiger partial charge >= 0.3 is 6.09 Å². The topological polar surface area (TPSA) is 125 Å². The molecule has 2 aromatic heterocycles. The lowest BCUT2D eigenvalue weighted by Gasteiger charge is -2.29. The second kappa shape index (κ2) is 8.38. The van der Waals surface area contributed by atoms with Gasteiger partial charge in [0.25, 0.3) is 5.91 Å². The van der Waals surface area contributed by atoms with E-state index in [2.05, 4.69) is 25.5 Å². The predicted octanol–water partition coefficient (Wildman–Crippen LogP) is 2.81. The van der Waals surface area contributed by atoms with Crippen LogP contribution in [0.1, 0.15) is 29.2 Å². The molecule has 31 heavy (non-hydrogen) atoms. The number of benzene rings is 1. The molecule has 1 atom stereocenters. The highest BCUT2D eigenvalue weighted by atomic mass is 35.5. The molecule has 1 fully saturated rings. The Balaban J connectivity index is 1.76. The average molecular weight is 444 g/mol. The van der Waals surface area contributed by atoms with Gasteiger partial charge in [-0.3, -0.25) is 4.79 Å². The van der Waals surface area contributed by atoms with E-state index in [1.165, 1.54) is 12.3 Å². The molecule has 1 aliphatic heterocycles. The maximum Gasteiger partial charge on any atom is 0.404 e. The van der Waals surface area contributed by atoms with Crippen LogP contribution in [-0.4, -0.2) is 55.8 Å². The number of carbonyl (C=O) groups excluding carboxylic acids is 1. The lowest BCUT2D eigenvalue weighted by Crippen LogP contribution is -2.40. The van der Waals surface area contributed by atoms with Gasteiger partial charge in [0.15, 0.2) is 0 Å². The van der Waals surface area contributed by atoms with Crippen molar-refractivity contribution in [3.05, 3.63) is 41.2 Å². The average Bonchev–Trinajstić information content (AvgIpc) is 3.30. The maximum absolute atomic E-state index is 12.8. The van der Waals surface area contributed by atoms with Gasteiger partial charge < -0.3 is 25.2 Å². The highest BCUT2D eigenvalue weighted by Crippen LogP contribution is 2.38. The normalized spacial score (nSPS) is 16.0.